The van der Waals surface area contributed by atoms with Gasteiger partial charge in [0, 0.05) is 12.3 Å². The second kappa shape index (κ2) is 11.2. The van der Waals surface area contributed by atoms with Crippen LogP contribution in [0.4, 0.5) is 0 Å². The number of thiazole rings is 1. The van der Waals surface area contributed by atoms with Crippen LogP contribution in [0.5, 0.6) is 0 Å². The molecule has 1 aliphatic rings. The molecule has 0 bridgehead atoms. The standard InChI is InChI=1S/C27H36N4O3S/c1-15(2)24(23(32)13-17(4)28)27(34)31-11-7-8-22(31)26(33)30-18(5)21-10-9-20(12-16(21)3)25-19(6)29-14-35-25/h9-10,12-15,18,22,24,28,32H,7-8,11H2,1-6H3,(H,30,33)/b23-13-,28-17?/t18?,22?,24-/m1/s1. The van der Waals surface area contributed by atoms with Crippen LogP contribution in [0.15, 0.2) is 35.5 Å². The van der Waals surface area contributed by atoms with Gasteiger partial charge in [0.05, 0.1) is 28.0 Å². The molecule has 8 heteroatoms. The molecule has 0 spiro atoms. The minimum atomic E-state index is -0.772. The lowest BCUT2D eigenvalue weighted by Crippen LogP contribution is -2.49. The molecule has 3 rings (SSSR count). The van der Waals surface area contributed by atoms with Gasteiger partial charge in [-0.1, -0.05) is 32.0 Å². The van der Waals surface area contributed by atoms with Gasteiger partial charge in [-0.3, -0.25) is 9.59 Å². The van der Waals surface area contributed by atoms with E-state index in [0.29, 0.717) is 13.0 Å². The number of hydrogen-bond donors (Lipinski definition) is 3. The van der Waals surface area contributed by atoms with Crippen LogP contribution in [0.3, 0.4) is 0 Å². The Morgan fingerprint density at radius 3 is 2.57 bits per heavy atom. The summed E-state index contributed by atoms with van der Waals surface area (Å²) < 4.78 is 0. The van der Waals surface area contributed by atoms with Crippen LogP contribution in [0.1, 0.15) is 63.4 Å². The third kappa shape index (κ3) is 5.99. The van der Waals surface area contributed by atoms with Crippen LogP contribution in [0.2, 0.25) is 0 Å². The summed E-state index contributed by atoms with van der Waals surface area (Å²) in [4.78, 5) is 33.7. The van der Waals surface area contributed by atoms with E-state index in [0.717, 1.165) is 33.7 Å². The third-order valence-corrected chi connectivity index (χ3v) is 7.53. The Morgan fingerprint density at radius 2 is 2.00 bits per heavy atom. The fourth-order valence-corrected chi connectivity index (χ4v) is 5.62. The number of benzene rings is 1. The molecule has 188 valence electrons. The van der Waals surface area contributed by atoms with Crippen LogP contribution < -0.4 is 5.32 Å². The molecule has 2 amide bonds. The highest BCUT2D eigenvalue weighted by Crippen LogP contribution is 2.31. The molecule has 0 saturated carbocycles. The molecule has 7 nitrogen and oxygen atoms in total. The normalized spacial score (nSPS) is 18.0. The van der Waals surface area contributed by atoms with Crippen LogP contribution in [-0.2, 0) is 9.59 Å². The Hall–Kier alpha value is -3.00. The van der Waals surface area contributed by atoms with Crippen molar-refractivity contribution >= 4 is 28.9 Å². The summed E-state index contributed by atoms with van der Waals surface area (Å²) in [5.41, 5.74) is 6.26. The van der Waals surface area contributed by atoms with Gasteiger partial charge >= 0.3 is 0 Å². The highest BCUT2D eigenvalue weighted by atomic mass is 32.1. The Kier molecular flexibility index (Phi) is 8.48. The van der Waals surface area contributed by atoms with Gasteiger partial charge in [0.15, 0.2) is 0 Å². The van der Waals surface area contributed by atoms with Crippen molar-refractivity contribution in [1.82, 2.24) is 15.2 Å². The molecule has 2 heterocycles. The van der Waals surface area contributed by atoms with Gasteiger partial charge in [-0.05, 0) is 69.2 Å². The van der Waals surface area contributed by atoms with Crippen LogP contribution in [0, 0.1) is 31.1 Å². The second-order valence-electron chi connectivity index (χ2n) is 9.73. The zero-order valence-corrected chi connectivity index (χ0v) is 22.2. The number of carbonyl (C=O) groups is 2. The largest absolute Gasteiger partial charge is 0.511 e. The molecular weight excluding hydrogens is 460 g/mol. The number of aryl methyl sites for hydroxylation is 2. The Bertz CT molecular complexity index is 1140. The Labute approximate surface area is 211 Å². The minimum absolute atomic E-state index is 0.121. The zero-order valence-electron chi connectivity index (χ0n) is 21.4. The van der Waals surface area contributed by atoms with Crippen molar-refractivity contribution in [2.24, 2.45) is 11.8 Å². The molecule has 1 aromatic heterocycles. The van der Waals surface area contributed by atoms with Gasteiger partial charge in [-0.2, -0.15) is 0 Å². The molecule has 0 aliphatic carbocycles. The highest BCUT2D eigenvalue weighted by Gasteiger charge is 2.39. The number of nitrogens with zero attached hydrogens (tertiary/aromatic N) is 2. The Balaban J connectivity index is 1.74. The SMILES string of the molecule is CC(=N)/C=C(\O)[C@H](C(=O)N1CCCC1C(=O)NC(C)c1ccc(-c2scnc2C)cc1C)C(C)C. The van der Waals surface area contributed by atoms with E-state index in [9.17, 15) is 14.7 Å². The number of rotatable bonds is 8. The average molecular weight is 497 g/mol. The Morgan fingerprint density at radius 1 is 1.29 bits per heavy atom. The molecule has 1 fully saturated rings. The summed E-state index contributed by atoms with van der Waals surface area (Å²) in [6.07, 6.45) is 2.64. The quantitative estimate of drug-likeness (QED) is 0.338. The van der Waals surface area contributed by atoms with E-state index < -0.39 is 12.0 Å². The first kappa shape index (κ1) is 26.6. The second-order valence-corrected chi connectivity index (χ2v) is 10.6. The molecule has 3 N–H and O–H groups in total. The lowest BCUT2D eigenvalue weighted by molar-refractivity contribution is -0.142. The van der Waals surface area contributed by atoms with E-state index in [1.165, 1.54) is 6.08 Å². The van der Waals surface area contributed by atoms with Crippen molar-refractivity contribution in [3.05, 3.63) is 52.4 Å². The summed E-state index contributed by atoms with van der Waals surface area (Å²) in [6.45, 7) is 11.7. The summed E-state index contributed by atoms with van der Waals surface area (Å²) >= 11 is 1.61. The maximum atomic E-state index is 13.4. The number of hydrogen-bond acceptors (Lipinski definition) is 6. The van der Waals surface area contributed by atoms with E-state index in [-0.39, 0.29) is 35.2 Å². The summed E-state index contributed by atoms with van der Waals surface area (Å²) in [7, 11) is 0. The van der Waals surface area contributed by atoms with Gasteiger partial charge in [0.1, 0.15) is 11.8 Å². The van der Waals surface area contributed by atoms with E-state index in [2.05, 4.69) is 22.4 Å². The van der Waals surface area contributed by atoms with Gasteiger partial charge < -0.3 is 20.7 Å². The highest BCUT2D eigenvalue weighted by molar-refractivity contribution is 7.13. The van der Waals surface area contributed by atoms with Crippen molar-refractivity contribution in [2.45, 2.75) is 66.5 Å². The van der Waals surface area contributed by atoms with E-state index in [1.807, 2.05) is 46.2 Å². The van der Waals surface area contributed by atoms with E-state index >= 15 is 0 Å². The number of allylic oxidation sites excluding steroid dienone is 1. The topological polar surface area (TPSA) is 106 Å². The van der Waals surface area contributed by atoms with Crippen molar-refractivity contribution < 1.29 is 14.7 Å². The van der Waals surface area contributed by atoms with Gasteiger partial charge in [0.2, 0.25) is 11.8 Å². The molecule has 1 saturated heterocycles. The number of aliphatic hydroxyl groups is 1. The maximum absolute atomic E-state index is 13.4. The summed E-state index contributed by atoms with van der Waals surface area (Å²) in [5.74, 6) is -1.50. The number of nitrogens with one attached hydrogen (secondary N) is 2. The number of carbonyl (C=O) groups excluding carboxylic acids is 2. The smallest absolute Gasteiger partial charge is 0.243 e. The molecule has 1 aliphatic heterocycles. The van der Waals surface area contributed by atoms with Crippen molar-refractivity contribution in [3.8, 4) is 10.4 Å². The van der Waals surface area contributed by atoms with Crippen molar-refractivity contribution in [2.75, 3.05) is 6.54 Å². The van der Waals surface area contributed by atoms with Crippen LogP contribution in [0.25, 0.3) is 10.4 Å². The minimum Gasteiger partial charge on any atom is -0.511 e. The zero-order chi connectivity index (χ0) is 25.9. The first-order valence-corrected chi connectivity index (χ1v) is 13.0. The monoisotopic (exact) mass is 496 g/mol. The number of aliphatic hydroxyl groups excluding tert-OH is 1. The summed E-state index contributed by atoms with van der Waals surface area (Å²) in [6, 6.07) is 5.44. The molecule has 2 unspecified atom stereocenters. The first-order valence-electron chi connectivity index (χ1n) is 12.1. The van der Waals surface area contributed by atoms with Gasteiger partial charge in [-0.25, -0.2) is 4.98 Å². The molecule has 3 atom stereocenters. The van der Waals surface area contributed by atoms with Crippen molar-refractivity contribution in [3.63, 3.8) is 0 Å². The van der Waals surface area contributed by atoms with Crippen LogP contribution in [-0.4, -0.2) is 45.1 Å². The fourth-order valence-electron chi connectivity index (χ4n) is 4.82. The van der Waals surface area contributed by atoms with Gasteiger partial charge in [-0.15, -0.1) is 11.3 Å². The maximum Gasteiger partial charge on any atom is 0.243 e. The van der Waals surface area contributed by atoms with E-state index in [4.69, 9.17) is 5.41 Å². The molecule has 2 aromatic rings. The molecule has 0 radical (unpaired) electrons. The molecule has 35 heavy (non-hydrogen) atoms. The third-order valence-electron chi connectivity index (χ3n) is 6.56. The molecular formula is C27H36N4O3S. The number of amides is 2. The molecule has 1 aromatic carbocycles. The predicted octanol–water partition coefficient (Wildman–Crippen LogP) is 5.35. The van der Waals surface area contributed by atoms with E-state index in [1.54, 1.807) is 23.2 Å². The summed E-state index contributed by atoms with van der Waals surface area (Å²) in [5, 5.41) is 21.2. The number of aromatic nitrogens is 1. The lowest BCUT2D eigenvalue weighted by Gasteiger charge is -2.30. The fraction of sp³-hybridized carbons (Fsp3) is 0.481. The van der Waals surface area contributed by atoms with Crippen molar-refractivity contribution in [1.29, 1.82) is 5.41 Å². The predicted molar refractivity (Wildman–Crippen MR) is 141 cm³/mol. The van der Waals surface area contributed by atoms with Crippen LogP contribution >= 0.6 is 11.3 Å². The first-order chi connectivity index (χ1) is 16.5. The number of likely N-dealkylation sites (tertiary alicyclic amines) is 1. The van der Waals surface area contributed by atoms with Gasteiger partial charge in [0.25, 0.3) is 0 Å². The average Bonchev–Trinajstić information content (AvgIpc) is 3.41. The lowest BCUT2D eigenvalue weighted by atomic mass is 9.91.